The van der Waals surface area contributed by atoms with Gasteiger partial charge >= 0.3 is 0 Å². The highest BCUT2D eigenvalue weighted by molar-refractivity contribution is 9.10. The number of halogens is 1. The summed E-state index contributed by atoms with van der Waals surface area (Å²) in [5.41, 5.74) is 2.27. The molecule has 4 heteroatoms. The number of nitrogens with one attached hydrogen (secondary N) is 1. The summed E-state index contributed by atoms with van der Waals surface area (Å²) >= 11 is 3.55. The van der Waals surface area contributed by atoms with Crippen LogP contribution in [0, 0.1) is 12.8 Å². The number of aromatic nitrogens is 2. The Morgan fingerprint density at radius 1 is 1.39 bits per heavy atom. The molecule has 1 N–H and O–H groups in total. The molecule has 0 atom stereocenters. The van der Waals surface area contributed by atoms with Crippen LogP contribution < -0.4 is 5.32 Å². The summed E-state index contributed by atoms with van der Waals surface area (Å²) in [6.45, 7) is 7.45. The molecule has 0 aliphatic rings. The fourth-order valence-corrected chi connectivity index (χ4v) is 2.18. The van der Waals surface area contributed by atoms with Gasteiger partial charge in [-0.2, -0.15) is 0 Å². The van der Waals surface area contributed by atoms with Crippen molar-refractivity contribution in [2.45, 2.75) is 27.3 Å². The van der Waals surface area contributed by atoms with Gasteiger partial charge in [-0.1, -0.05) is 19.9 Å². The van der Waals surface area contributed by atoms with Crippen LogP contribution in [-0.4, -0.2) is 9.55 Å². The van der Waals surface area contributed by atoms with E-state index in [1.807, 2.05) is 18.5 Å². The smallest absolute Gasteiger partial charge is 0.207 e. The number of hydrogen-bond donors (Lipinski definition) is 1. The first-order valence-corrected chi connectivity index (χ1v) is 6.90. The lowest BCUT2D eigenvalue weighted by Gasteiger charge is -2.13. The number of benzene rings is 1. The van der Waals surface area contributed by atoms with Gasteiger partial charge in [-0.3, -0.25) is 0 Å². The highest BCUT2D eigenvalue weighted by atomic mass is 79.9. The number of aryl methyl sites for hydroxylation is 1. The molecule has 1 aromatic carbocycles. The van der Waals surface area contributed by atoms with Crippen LogP contribution in [0.25, 0.3) is 0 Å². The van der Waals surface area contributed by atoms with Gasteiger partial charge < -0.3 is 9.88 Å². The van der Waals surface area contributed by atoms with Gasteiger partial charge in [-0.25, -0.2) is 4.98 Å². The normalized spacial score (nSPS) is 10.9. The zero-order valence-corrected chi connectivity index (χ0v) is 12.5. The SMILES string of the molecule is Cc1ccc(Br)c(Nc2nccn2CC(C)C)c1. The minimum atomic E-state index is 0.598. The topological polar surface area (TPSA) is 29.9 Å². The predicted octanol–water partition coefficient (Wildman–Crippen LogP) is 4.35. The highest BCUT2D eigenvalue weighted by Gasteiger charge is 2.07. The van der Waals surface area contributed by atoms with E-state index in [1.54, 1.807) is 0 Å². The first-order valence-electron chi connectivity index (χ1n) is 6.10. The van der Waals surface area contributed by atoms with E-state index < -0.39 is 0 Å². The van der Waals surface area contributed by atoms with Gasteiger partial charge in [-0.15, -0.1) is 0 Å². The number of hydrogen-bond acceptors (Lipinski definition) is 2. The molecular weight excluding hydrogens is 290 g/mol. The first-order chi connectivity index (χ1) is 8.56. The van der Waals surface area contributed by atoms with E-state index in [4.69, 9.17) is 0 Å². The van der Waals surface area contributed by atoms with Crippen molar-refractivity contribution in [2.75, 3.05) is 5.32 Å². The number of anilines is 2. The van der Waals surface area contributed by atoms with Crippen molar-refractivity contribution in [3.8, 4) is 0 Å². The molecule has 2 aromatic rings. The molecule has 0 unspecified atom stereocenters. The summed E-state index contributed by atoms with van der Waals surface area (Å²) in [7, 11) is 0. The second kappa shape index (κ2) is 5.57. The van der Waals surface area contributed by atoms with Crippen LogP contribution in [0.2, 0.25) is 0 Å². The summed E-state index contributed by atoms with van der Waals surface area (Å²) in [5, 5.41) is 3.37. The standard InChI is InChI=1S/C14H18BrN3/c1-10(2)9-18-7-6-16-14(18)17-13-8-11(3)4-5-12(13)15/h4-8,10H,9H2,1-3H3,(H,16,17). The zero-order chi connectivity index (χ0) is 13.1. The largest absolute Gasteiger partial charge is 0.325 e. The molecule has 1 heterocycles. The van der Waals surface area contributed by atoms with E-state index >= 15 is 0 Å². The van der Waals surface area contributed by atoms with E-state index in [-0.39, 0.29) is 0 Å². The number of imidazole rings is 1. The molecule has 18 heavy (non-hydrogen) atoms. The van der Waals surface area contributed by atoms with Crippen molar-refractivity contribution in [2.24, 2.45) is 5.92 Å². The van der Waals surface area contributed by atoms with Crippen LogP contribution in [0.3, 0.4) is 0 Å². The van der Waals surface area contributed by atoms with Gasteiger partial charge in [-0.05, 0) is 46.5 Å². The second-order valence-electron chi connectivity index (χ2n) is 4.91. The Bertz CT molecular complexity index is 532. The van der Waals surface area contributed by atoms with Gasteiger partial charge in [0.25, 0.3) is 0 Å². The van der Waals surface area contributed by atoms with Gasteiger partial charge in [0.15, 0.2) is 0 Å². The minimum Gasteiger partial charge on any atom is -0.325 e. The first kappa shape index (κ1) is 13.1. The van der Waals surface area contributed by atoms with E-state index in [1.165, 1.54) is 5.56 Å². The molecule has 0 bridgehead atoms. The monoisotopic (exact) mass is 307 g/mol. The third-order valence-electron chi connectivity index (χ3n) is 2.65. The minimum absolute atomic E-state index is 0.598. The van der Waals surface area contributed by atoms with Crippen LogP contribution in [0.15, 0.2) is 35.1 Å². The number of rotatable bonds is 4. The zero-order valence-electron chi connectivity index (χ0n) is 10.9. The van der Waals surface area contributed by atoms with Gasteiger partial charge in [0.05, 0.1) is 5.69 Å². The average molecular weight is 308 g/mol. The number of nitrogens with zero attached hydrogens (tertiary/aromatic N) is 2. The highest BCUT2D eigenvalue weighted by Crippen LogP contribution is 2.26. The third kappa shape index (κ3) is 3.13. The van der Waals surface area contributed by atoms with Crippen LogP contribution >= 0.6 is 15.9 Å². The fraction of sp³-hybridized carbons (Fsp3) is 0.357. The Morgan fingerprint density at radius 3 is 2.89 bits per heavy atom. The second-order valence-corrected chi connectivity index (χ2v) is 5.76. The summed E-state index contributed by atoms with van der Waals surface area (Å²) in [5.74, 6) is 1.48. The van der Waals surface area contributed by atoms with Crippen LogP contribution in [0.5, 0.6) is 0 Å². The molecule has 0 fully saturated rings. The molecule has 0 saturated carbocycles. The molecule has 3 nitrogen and oxygen atoms in total. The summed E-state index contributed by atoms with van der Waals surface area (Å²) in [4.78, 5) is 4.37. The Hall–Kier alpha value is -1.29. The van der Waals surface area contributed by atoms with Crippen LogP contribution in [0.1, 0.15) is 19.4 Å². The third-order valence-corrected chi connectivity index (χ3v) is 3.34. The van der Waals surface area contributed by atoms with Gasteiger partial charge in [0.1, 0.15) is 0 Å². The summed E-state index contributed by atoms with van der Waals surface area (Å²) in [6, 6.07) is 6.24. The average Bonchev–Trinajstić information content (AvgIpc) is 2.70. The van der Waals surface area contributed by atoms with Crippen molar-refractivity contribution < 1.29 is 0 Å². The van der Waals surface area contributed by atoms with E-state index in [0.29, 0.717) is 5.92 Å². The lowest BCUT2D eigenvalue weighted by Crippen LogP contribution is -2.07. The van der Waals surface area contributed by atoms with Crippen molar-refractivity contribution in [1.82, 2.24) is 9.55 Å². The Kier molecular flexibility index (Phi) is 4.07. The molecule has 0 aliphatic carbocycles. The maximum absolute atomic E-state index is 4.37. The van der Waals surface area contributed by atoms with E-state index in [0.717, 1.165) is 22.7 Å². The predicted molar refractivity (Wildman–Crippen MR) is 79.2 cm³/mol. The maximum Gasteiger partial charge on any atom is 0.207 e. The lowest BCUT2D eigenvalue weighted by molar-refractivity contribution is 0.527. The van der Waals surface area contributed by atoms with Crippen molar-refractivity contribution in [1.29, 1.82) is 0 Å². The fourth-order valence-electron chi connectivity index (χ4n) is 1.83. The molecule has 0 aliphatic heterocycles. The quantitative estimate of drug-likeness (QED) is 0.910. The molecular formula is C14H18BrN3. The Balaban J connectivity index is 2.23. The summed E-state index contributed by atoms with van der Waals surface area (Å²) < 4.78 is 3.19. The van der Waals surface area contributed by atoms with E-state index in [9.17, 15) is 0 Å². The van der Waals surface area contributed by atoms with Crippen LogP contribution in [0.4, 0.5) is 11.6 Å². The van der Waals surface area contributed by atoms with Crippen LogP contribution in [-0.2, 0) is 6.54 Å². The molecule has 0 spiro atoms. The van der Waals surface area contributed by atoms with Crippen molar-refractivity contribution in [3.05, 3.63) is 40.6 Å². The molecule has 2 rings (SSSR count). The maximum atomic E-state index is 4.37. The molecule has 96 valence electrons. The van der Waals surface area contributed by atoms with Crippen molar-refractivity contribution in [3.63, 3.8) is 0 Å². The molecule has 1 aromatic heterocycles. The van der Waals surface area contributed by atoms with Gasteiger partial charge in [0, 0.05) is 23.4 Å². The lowest BCUT2D eigenvalue weighted by atomic mass is 10.2. The summed E-state index contributed by atoms with van der Waals surface area (Å²) in [6.07, 6.45) is 3.83. The molecule has 0 saturated heterocycles. The van der Waals surface area contributed by atoms with Gasteiger partial charge in [0.2, 0.25) is 5.95 Å². The molecule has 0 radical (unpaired) electrons. The Labute approximate surface area is 116 Å². The van der Waals surface area contributed by atoms with Crippen molar-refractivity contribution >= 4 is 27.6 Å². The molecule has 0 amide bonds. The van der Waals surface area contributed by atoms with E-state index in [2.05, 4.69) is 63.7 Å². The Morgan fingerprint density at radius 2 is 2.17 bits per heavy atom.